The third-order valence-electron chi connectivity index (χ3n) is 3.55. The molecular weight excluding hydrogens is 310 g/mol. The van der Waals surface area contributed by atoms with Gasteiger partial charge in [-0.25, -0.2) is 4.79 Å². The van der Waals surface area contributed by atoms with Crippen LogP contribution in [0.1, 0.15) is 23.2 Å². The van der Waals surface area contributed by atoms with Crippen LogP contribution in [-0.4, -0.2) is 28.1 Å². The number of carbonyl (C=O) groups excluding carboxylic acids is 1. The van der Waals surface area contributed by atoms with E-state index in [4.69, 9.17) is 21.8 Å². The van der Waals surface area contributed by atoms with Crippen molar-refractivity contribution in [3.63, 3.8) is 0 Å². The Balaban J connectivity index is 2.14. The Morgan fingerprint density at radius 2 is 1.73 bits per heavy atom. The highest BCUT2D eigenvalue weighted by molar-refractivity contribution is 6.33. The molecule has 0 heterocycles. The van der Waals surface area contributed by atoms with Gasteiger partial charge in [0.15, 0.2) is 0 Å². The molecule has 0 aliphatic heterocycles. The number of rotatable bonds is 4. The number of carboxylic acids is 2. The van der Waals surface area contributed by atoms with Gasteiger partial charge in [-0.2, -0.15) is 0 Å². The minimum absolute atomic E-state index is 0.00336. The van der Waals surface area contributed by atoms with Crippen LogP contribution in [0.2, 0.25) is 5.02 Å². The molecule has 0 saturated heterocycles. The number of carbonyl (C=O) groups is 3. The van der Waals surface area contributed by atoms with Crippen LogP contribution in [0.4, 0.5) is 5.69 Å². The Morgan fingerprint density at radius 3 is 2.27 bits per heavy atom. The molecule has 0 bridgehead atoms. The summed E-state index contributed by atoms with van der Waals surface area (Å²) < 4.78 is 0. The monoisotopic (exact) mass is 323 g/mol. The first kappa shape index (κ1) is 16.0. The average molecular weight is 324 g/mol. The molecule has 0 fully saturated rings. The molecule has 2 rings (SSSR count). The number of amides is 1. The highest BCUT2D eigenvalue weighted by Crippen LogP contribution is 2.28. The van der Waals surface area contributed by atoms with Crippen molar-refractivity contribution in [2.24, 2.45) is 11.8 Å². The molecule has 0 radical (unpaired) electrons. The van der Waals surface area contributed by atoms with Crippen molar-refractivity contribution in [2.75, 3.05) is 5.32 Å². The quantitative estimate of drug-likeness (QED) is 0.739. The number of hydrogen-bond donors (Lipinski definition) is 3. The summed E-state index contributed by atoms with van der Waals surface area (Å²) >= 11 is 5.84. The molecule has 1 aliphatic rings. The van der Waals surface area contributed by atoms with E-state index in [1.54, 1.807) is 12.2 Å². The summed E-state index contributed by atoms with van der Waals surface area (Å²) in [4.78, 5) is 34.3. The molecule has 22 heavy (non-hydrogen) atoms. The first-order valence-corrected chi connectivity index (χ1v) is 6.99. The van der Waals surface area contributed by atoms with Gasteiger partial charge in [0.1, 0.15) is 0 Å². The van der Waals surface area contributed by atoms with Crippen LogP contribution >= 0.6 is 11.6 Å². The lowest BCUT2D eigenvalue weighted by atomic mass is 9.82. The van der Waals surface area contributed by atoms with Gasteiger partial charge < -0.3 is 15.5 Å². The average Bonchev–Trinajstić information content (AvgIpc) is 2.46. The number of allylic oxidation sites excluding steroid dienone is 2. The van der Waals surface area contributed by atoms with Crippen LogP contribution in [0.25, 0.3) is 0 Å². The second-order valence-electron chi connectivity index (χ2n) is 4.98. The van der Waals surface area contributed by atoms with Crippen molar-refractivity contribution >= 4 is 35.1 Å². The smallest absolute Gasteiger partial charge is 0.337 e. The molecule has 1 aliphatic carbocycles. The largest absolute Gasteiger partial charge is 0.481 e. The number of carboxylic acid groups (broad SMARTS) is 2. The van der Waals surface area contributed by atoms with Gasteiger partial charge in [-0.15, -0.1) is 0 Å². The molecule has 6 nitrogen and oxygen atoms in total. The van der Waals surface area contributed by atoms with Gasteiger partial charge in [0.25, 0.3) is 0 Å². The molecule has 2 atom stereocenters. The summed E-state index contributed by atoms with van der Waals surface area (Å²) in [5.74, 6) is -4.02. The van der Waals surface area contributed by atoms with Gasteiger partial charge in [-0.05, 0) is 31.0 Å². The van der Waals surface area contributed by atoms with Crippen molar-refractivity contribution in [3.8, 4) is 0 Å². The van der Waals surface area contributed by atoms with E-state index in [1.807, 2.05) is 0 Å². The maximum absolute atomic E-state index is 12.2. The molecule has 0 spiro atoms. The summed E-state index contributed by atoms with van der Waals surface area (Å²) in [5, 5.41) is 20.7. The lowest BCUT2D eigenvalue weighted by Gasteiger charge is -2.24. The first-order valence-electron chi connectivity index (χ1n) is 6.61. The summed E-state index contributed by atoms with van der Waals surface area (Å²) in [7, 11) is 0. The molecule has 0 saturated carbocycles. The van der Waals surface area contributed by atoms with Crippen molar-refractivity contribution in [1.82, 2.24) is 0 Å². The Labute approximate surface area is 131 Å². The van der Waals surface area contributed by atoms with Gasteiger partial charge in [-0.1, -0.05) is 23.8 Å². The SMILES string of the molecule is O=C(O)c1ccc(NC(=O)C2CC=CCC2C(=O)O)cc1Cl. The third-order valence-corrected chi connectivity index (χ3v) is 3.87. The number of halogens is 1. The molecular formula is C15H14ClNO5. The van der Waals surface area contributed by atoms with Crippen LogP contribution in [0, 0.1) is 11.8 Å². The van der Waals surface area contributed by atoms with E-state index < -0.39 is 29.7 Å². The molecule has 1 aromatic carbocycles. The van der Waals surface area contributed by atoms with E-state index >= 15 is 0 Å². The summed E-state index contributed by atoms with van der Waals surface area (Å²) in [6.07, 6.45) is 4.20. The highest BCUT2D eigenvalue weighted by atomic mass is 35.5. The number of hydrogen-bond acceptors (Lipinski definition) is 3. The van der Waals surface area contributed by atoms with Crippen LogP contribution in [0.5, 0.6) is 0 Å². The lowest BCUT2D eigenvalue weighted by Crippen LogP contribution is -2.34. The predicted molar refractivity (Wildman–Crippen MR) is 80.0 cm³/mol. The van der Waals surface area contributed by atoms with Crippen LogP contribution < -0.4 is 5.32 Å². The standard InChI is InChI=1S/C15H14ClNO5/c16-12-7-8(5-6-11(12)15(21)22)17-13(18)9-3-1-2-4-10(9)14(19)20/h1-2,5-7,9-10H,3-4H2,(H,17,18)(H,19,20)(H,21,22). The van der Waals surface area contributed by atoms with Crippen molar-refractivity contribution < 1.29 is 24.6 Å². The van der Waals surface area contributed by atoms with E-state index in [0.29, 0.717) is 18.5 Å². The molecule has 116 valence electrons. The van der Waals surface area contributed by atoms with Gasteiger partial charge in [0, 0.05) is 5.69 Å². The summed E-state index contributed by atoms with van der Waals surface area (Å²) in [6.45, 7) is 0. The van der Waals surface area contributed by atoms with Gasteiger partial charge in [-0.3, -0.25) is 9.59 Å². The Morgan fingerprint density at radius 1 is 1.09 bits per heavy atom. The van der Waals surface area contributed by atoms with Gasteiger partial charge in [0.2, 0.25) is 5.91 Å². The minimum atomic E-state index is -1.16. The Hall–Kier alpha value is -2.34. The molecule has 3 N–H and O–H groups in total. The Kier molecular flexibility index (Phi) is 4.82. The zero-order valence-corrected chi connectivity index (χ0v) is 12.2. The van der Waals surface area contributed by atoms with E-state index in [2.05, 4.69) is 5.32 Å². The first-order chi connectivity index (χ1) is 10.4. The van der Waals surface area contributed by atoms with Crippen molar-refractivity contribution in [3.05, 3.63) is 40.9 Å². The van der Waals surface area contributed by atoms with E-state index in [-0.39, 0.29) is 10.6 Å². The highest BCUT2D eigenvalue weighted by Gasteiger charge is 2.34. The molecule has 7 heteroatoms. The van der Waals surface area contributed by atoms with Crippen molar-refractivity contribution in [2.45, 2.75) is 12.8 Å². The summed E-state index contributed by atoms with van der Waals surface area (Å²) in [5.41, 5.74) is 0.266. The molecule has 1 aromatic rings. The van der Waals surface area contributed by atoms with E-state index in [0.717, 1.165) is 0 Å². The fourth-order valence-electron chi connectivity index (χ4n) is 2.38. The maximum Gasteiger partial charge on any atom is 0.337 e. The maximum atomic E-state index is 12.2. The van der Waals surface area contributed by atoms with E-state index in [1.165, 1.54) is 18.2 Å². The fourth-order valence-corrected chi connectivity index (χ4v) is 2.64. The molecule has 2 unspecified atom stereocenters. The zero-order chi connectivity index (χ0) is 16.3. The molecule has 1 amide bonds. The van der Waals surface area contributed by atoms with Gasteiger partial charge in [0.05, 0.1) is 22.4 Å². The number of aliphatic carboxylic acids is 1. The van der Waals surface area contributed by atoms with Crippen LogP contribution in [0.15, 0.2) is 30.4 Å². The van der Waals surface area contributed by atoms with Crippen molar-refractivity contribution in [1.29, 1.82) is 0 Å². The van der Waals surface area contributed by atoms with Crippen LogP contribution in [0.3, 0.4) is 0 Å². The topological polar surface area (TPSA) is 104 Å². The fraction of sp³-hybridized carbons (Fsp3) is 0.267. The van der Waals surface area contributed by atoms with E-state index in [9.17, 15) is 14.4 Å². The Bertz CT molecular complexity index is 655. The third kappa shape index (κ3) is 3.46. The second-order valence-corrected chi connectivity index (χ2v) is 5.39. The number of nitrogens with one attached hydrogen (secondary N) is 1. The van der Waals surface area contributed by atoms with Gasteiger partial charge >= 0.3 is 11.9 Å². The molecule has 0 aromatic heterocycles. The van der Waals surface area contributed by atoms with Crippen LogP contribution in [-0.2, 0) is 9.59 Å². The lowest BCUT2D eigenvalue weighted by molar-refractivity contribution is -0.146. The predicted octanol–water partition coefficient (Wildman–Crippen LogP) is 2.64. The number of benzene rings is 1. The number of anilines is 1. The summed E-state index contributed by atoms with van der Waals surface area (Å²) in [6, 6.07) is 4.04. The normalized spacial score (nSPS) is 20.4. The zero-order valence-electron chi connectivity index (χ0n) is 11.5. The second kappa shape index (κ2) is 6.62. The number of aromatic carboxylic acids is 1. The minimum Gasteiger partial charge on any atom is -0.481 e.